The first kappa shape index (κ1) is 21.2. The van der Waals surface area contributed by atoms with Crippen LogP contribution in [0.4, 0.5) is 5.82 Å². The fourth-order valence-corrected chi connectivity index (χ4v) is 5.05. The molecule has 3 fully saturated rings. The second-order valence-electron chi connectivity index (χ2n) is 9.41. The maximum absolute atomic E-state index is 4.88. The largest absolute Gasteiger partial charge is 0.367 e. The summed E-state index contributed by atoms with van der Waals surface area (Å²) >= 11 is 0. The van der Waals surface area contributed by atoms with Crippen LogP contribution in [0.1, 0.15) is 32.7 Å². The smallest absolute Gasteiger partial charge is 0.154 e. The number of pyridine rings is 1. The van der Waals surface area contributed by atoms with Gasteiger partial charge in [-0.1, -0.05) is 19.9 Å². The second-order valence-corrected chi connectivity index (χ2v) is 9.41. The zero-order valence-electron chi connectivity index (χ0n) is 19.7. The molecular formula is C25H31N9. The average molecular weight is 458 g/mol. The highest BCUT2D eigenvalue weighted by Crippen LogP contribution is 2.45. The van der Waals surface area contributed by atoms with E-state index in [1.807, 2.05) is 65.8 Å². The van der Waals surface area contributed by atoms with Gasteiger partial charge in [0.25, 0.3) is 0 Å². The zero-order valence-corrected chi connectivity index (χ0v) is 19.7. The Bertz CT molecular complexity index is 1290. The van der Waals surface area contributed by atoms with Crippen molar-refractivity contribution in [3.63, 3.8) is 0 Å². The molecule has 9 nitrogen and oxygen atoms in total. The molecule has 1 saturated carbocycles. The summed E-state index contributed by atoms with van der Waals surface area (Å²) in [4.78, 5) is 9.42. The Morgan fingerprint density at radius 1 is 1.00 bits per heavy atom. The van der Waals surface area contributed by atoms with Gasteiger partial charge in [-0.2, -0.15) is 10.2 Å². The third kappa shape index (κ3) is 3.65. The van der Waals surface area contributed by atoms with E-state index in [4.69, 9.17) is 10.1 Å². The van der Waals surface area contributed by atoms with Crippen LogP contribution in [0.3, 0.4) is 0 Å². The van der Waals surface area contributed by atoms with Gasteiger partial charge < -0.3 is 16.0 Å². The van der Waals surface area contributed by atoms with E-state index in [1.165, 1.54) is 12.8 Å². The van der Waals surface area contributed by atoms with Crippen molar-refractivity contribution in [3.05, 3.63) is 48.9 Å². The Morgan fingerprint density at radius 2 is 1.85 bits per heavy atom. The summed E-state index contributed by atoms with van der Waals surface area (Å²) in [5, 5.41) is 19.7. The summed E-state index contributed by atoms with van der Waals surface area (Å²) in [6.07, 6.45) is 8.24. The first-order valence-corrected chi connectivity index (χ1v) is 12.3. The standard InChI is InChI=1S/C23H25N9.C2H6/c1-2-19(29-21(3-1)28-16-6-23(7-16)13-25-14-23)20-11-26-22-5-4-18(30-32(20)22)15-8-27-31(12-15)17-9-24-10-17;1-2/h1-5,8,11-12,16-17,24-25H,6-7,9-10,13-14H2,(H,28,29);1-2H3. The molecule has 3 N–H and O–H groups in total. The van der Waals surface area contributed by atoms with Crippen molar-refractivity contribution in [2.45, 2.75) is 38.8 Å². The summed E-state index contributed by atoms with van der Waals surface area (Å²) in [6, 6.07) is 11.0. The first-order chi connectivity index (χ1) is 16.7. The van der Waals surface area contributed by atoms with Crippen LogP contribution in [0.2, 0.25) is 0 Å². The van der Waals surface area contributed by atoms with Crippen molar-refractivity contribution < 1.29 is 0 Å². The van der Waals surface area contributed by atoms with Crippen LogP contribution in [-0.4, -0.2) is 61.6 Å². The van der Waals surface area contributed by atoms with Crippen molar-refractivity contribution in [2.24, 2.45) is 5.41 Å². The van der Waals surface area contributed by atoms with Gasteiger partial charge in [-0.3, -0.25) is 4.68 Å². The zero-order chi connectivity index (χ0) is 23.1. The molecule has 0 bridgehead atoms. The summed E-state index contributed by atoms with van der Waals surface area (Å²) in [7, 11) is 0. The molecule has 4 aromatic heterocycles. The van der Waals surface area contributed by atoms with Gasteiger partial charge in [-0.05, 0) is 42.5 Å². The number of nitrogens with one attached hydrogen (secondary N) is 3. The maximum Gasteiger partial charge on any atom is 0.154 e. The Balaban J connectivity index is 0.00000106. The minimum atomic E-state index is 0.432. The topological polar surface area (TPSA) is 97.0 Å². The molecule has 9 heteroatoms. The van der Waals surface area contributed by atoms with E-state index in [0.29, 0.717) is 17.5 Å². The van der Waals surface area contributed by atoms with E-state index in [2.05, 4.69) is 32.2 Å². The summed E-state index contributed by atoms with van der Waals surface area (Å²) in [5.41, 5.74) is 4.97. The molecule has 1 aliphatic carbocycles. The van der Waals surface area contributed by atoms with Gasteiger partial charge in [0.15, 0.2) is 5.65 Å². The van der Waals surface area contributed by atoms with Gasteiger partial charge in [-0.25, -0.2) is 14.5 Å². The maximum atomic E-state index is 4.88. The van der Waals surface area contributed by atoms with Crippen molar-refractivity contribution >= 4 is 11.5 Å². The third-order valence-corrected chi connectivity index (χ3v) is 7.12. The average Bonchev–Trinajstić information content (AvgIpc) is 3.42. The van der Waals surface area contributed by atoms with Crippen LogP contribution in [0, 0.1) is 5.41 Å². The predicted octanol–water partition coefficient (Wildman–Crippen LogP) is 2.99. The van der Waals surface area contributed by atoms with Crippen molar-refractivity contribution in [2.75, 3.05) is 31.5 Å². The summed E-state index contributed by atoms with van der Waals surface area (Å²) < 4.78 is 3.90. The lowest BCUT2D eigenvalue weighted by atomic mass is 9.62. The number of nitrogens with zero attached hydrogens (tertiary/aromatic N) is 6. The number of fused-ring (bicyclic) bond motifs is 1. The lowest BCUT2D eigenvalue weighted by Crippen LogP contribution is -2.63. The normalized spacial score (nSPS) is 19.1. The van der Waals surface area contributed by atoms with Crippen molar-refractivity contribution in [1.29, 1.82) is 0 Å². The van der Waals surface area contributed by atoms with Crippen LogP contribution < -0.4 is 16.0 Å². The van der Waals surface area contributed by atoms with Gasteiger partial charge in [-0.15, -0.1) is 0 Å². The Kier molecular flexibility index (Phi) is 5.30. The molecule has 3 aliphatic rings. The van der Waals surface area contributed by atoms with E-state index >= 15 is 0 Å². The number of aromatic nitrogens is 6. The number of imidazole rings is 1. The molecule has 2 saturated heterocycles. The predicted molar refractivity (Wildman–Crippen MR) is 133 cm³/mol. The molecule has 34 heavy (non-hydrogen) atoms. The van der Waals surface area contributed by atoms with Gasteiger partial charge >= 0.3 is 0 Å². The summed E-state index contributed by atoms with van der Waals surface area (Å²) in [5.74, 6) is 0.913. The number of hydrogen-bond donors (Lipinski definition) is 3. The molecule has 4 aromatic rings. The first-order valence-electron chi connectivity index (χ1n) is 12.3. The molecule has 0 aromatic carbocycles. The molecule has 0 atom stereocenters. The highest BCUT2D eigenvalue weighted by atomic mass is 15.3. The van der Waals surface area contributed by atoms with E-state index < -0.39 is 0 Å². The van der Waals surface area contributed by atoms with Crippen LogP contribution in [-0.2, 0) is 0 Å². The third-order valence-electron chi connectivity index (χ3n) is 7.12. The summed E-state index contributed by atoms with van der Waals surface area (Å²) in [6.45, 7) is 8.25. The minimum absolute atomic E-state index is 0.432. The van der Waals surface area contributed by atoms with Gasteiger partial charge in [0.05, 0.1) is 29.8 Å². The van der Waals surface area contributed by atoms with E-state index in [0.717, 1.165) is 60.3 Å². The highest BCUT2D eigenvalue weighted by molar-refractivity contribution is 5.64. The van der Waals surface area contributed by atoms with Gasteiger partial charge in [0, 0.05) is 44.0 Å². The monoisotopic (exact) mass is 457 g/mol. The number of hydrogen-bond acceptors (Lipinski definition) is 7. The Morgan fingerprint density at radius 3 is 2.59 bits per heavy atom. The molecule has 6 heterocycles. The number of rotatable bonds is 5. The molecule has 7 rings (SSSR count). The van der Waals surface area contributed by atoms with Crippen LogP contribution >= 0.6 is 0 Å². The van der Waals surface area contributed by atoms with Crippen LogP contribution in [0.25, 0.3) is 28.3 Å². The van der Waals surface area contributed by atoms with E-state index in [-0.39, 0.29) is 0 Å². The SMILES string of the molecule is CC.c1cc(NC2CC3(CNC3)C2)nc(-c2cnc3ccc(-c4cnn(C5CNC5)c4)nn23)c1. The highest BCUT2D eigenvalue weighted by Gasteiger charge is 2.48. The van der Waals surface area contributed by atoms with Gasteiger partial charge in [0.1, 0.15) is 11.5 Å². The van der Waals surface area contributed by atoms with E-state index in [1.54, 1.807) is 0 Å². The van der Waals surface area contributed by atoms with Crippen molar-refractivity contribution in [3.8, 4) is 22.6 Å². The van der Waals surface area contributed by atoms with E-state index in [9.17, 15) is 0 Å². The molecule has 2 aliphatic heterocycles. The molecule has 0 unspecified atom stereocenters. The molecular weight excluding hydrogens is 426 g/mol. The molecule has 0 amide bonds. The fraction of sp³-hybridized carbons (Fsp3) is 0.440. The van der Waals surface area contributed by atoms with Crippen molar-refractivity contribution in [1.82, 2.24) is 40.0 Å². The molecule has 176 valence electrons. The van der Waals surface area contributed by atoms with Crippen LogP contribution in [0.5, 0.6) is 0 Å². The Hall–Kier alpha value is -3.30. The molecule has 1 spiro atoms. The minimum Gasteiger partial charge on any atom is -0.367 e. The van der Waals surface area contributed by atoms with Gasteiger partial charge in [0.2, 0.25) is 0 Å². The Labute approximate surface area is 199 Å². The quantitative estimate of drug-likeness (QED) is 0.424. The molecule has 0 radical (unpaired) electrons. The van der Waals surface area contributed by atoms with Crippen LogP contribution in [0.15, 0.2) is 48.9 Å². The lowest BCUT2D eigenvalue weighted by Gasteiger charge is -2.54. The number of anilines is 1. The fourth-order valence-electron chi connectivity index (χ4n) is 5.05. The lowest BCUT2D eigenvalue weighted by molar-refractivity contribution is 0.0469. The second kappa shape index (κ2) is 8.48.